The van der Waals surface area contributed by atoms with E-state index >= 15 is 0 Å². The summed E-state index contributed by atoms with van der Waals surface area (Å²) < 4.78 is 0. The second kappa shape index (κ2) is 4.84. The molecule has 0 aliphatic rings. The molecule has 0 aromatic heterocycles. The lowest BCUT2D eigenvalue weighted by atomic mass is 10.2. The van der Waals surface area contributed by atoms with E-state index in [1.807, 2.05) is 12.1 Å². The Morgan fingerprint density at radius 3 is 1.35 bits per heavy atom. The summed E-state index contributed by atoms with van der Waals surface area (Å²) in [4.78, 5) is 25.5. The number of hydrogen-bond acceptors (Lipinski definition) is 2. The molecule has 0 unspecified atom stereocenters. The van der Waals surface area contributed by atoms with Gasteiger partial charge in [0.25, 0.3) is 0 Å². The molecule has 0 aliphatic heterocycles. The second-order valence-electron chi connectivity index (χ2n) is 5.50. The molecule has 0 spiro atoms. The predicted octanol–water partition coefficient (Wildman–Crippen LogP) is 3.70. The highest BCUT2D eigenvalue weighted by molar-refractivity contribution is 8.66. The number of rotatable bonds is 2. The Morgan fingerprint density at radius 2 is 1.05 bits per heavy atom. The van der Waals surface area contributed by atoms with Crippen LogP contribution in [0.5, 0.6) is 0 Å². The molecular formula is C17H18O2S. The van der Waals surface area contributed by atoms with Gasteiger partial charge in [-0.15, -0.1) is 8.75 Å². The second-order valence-corrected chi connectivity index (χ2v) is 10.6. The van der Waals surface area contributed by atoms with E-state index in [2.05, 4.69) is 5.87 Å². The first-order valence-electron chi connectivity index (χ1n) is 6.24. The first kappa shape index (κ1) is 14.4. The third-order valence-corrected chi connectivity index (χ3v) is 6.06. The van der Waals surface area contributed by atoms with E-state index < -0.39 is 8.75 Å². The Balaban J connectivity index is 2.49. The third kappa shape index (κ3) is 2.49. The molecule has 0 heterocycles. The SMILES string of the molecule is C=S(C)(C)(C(=O)c1ccccc1)C(=O)c1ccccc1. The minimum Gasteiger partial charge on any atom is -0.283 e. The van der Waals surface area contributed by atoms with Crippen molar-refractivity contribution >= 4 is 24.9 Å². The van der Waals surface area contributed by atoms with Crippen LogP contribution in [0.15, 0.2) is 60.7 Å². The lowest BCUT2D eigenvalue weighted by Gasteiger charge is -2.36. The molecule has 0 N–H and O–H groups in total. The predicted molar refractivity (Wildman–Crippen MR) is 88.1 cm³/mol. The molecule has 20 heavy (non-hydrogen) atoms. The lowest BCUT2D eigenvalue weighted by Crippen LogP contribution is -2.25. The van der Waals surface area contributed by atoms with E-state index in [1.165, 1.54) is 0 Å². The zero-order valence-corrected chi connectivity index (χ0v) is 12.5. The molecule has 0 saturated heterocycles. The molecule has 2 nitrogen and oxygen atoms in total. The van der Waals surface area contributed by atoms with Gasteiger partial charge in [-0.1, -0.05) is 66.5 Å². The summed E-state index contributed by atoms with van der Waals surface area (Å²) in [6, 6.07) is 17.8. The monoisotopic (exact) mass is 286 g/mol. The molecule has 104 valence electrons. The Bertz CT molecular complexity index is 652. The van der Waals surface area contributed by atoms with Crippen molar-refractivity contribution in [2.45, 2.75) is 0 Å². The molecule has 0 amide bonds. The Morgan fingerprint density at radius 1 is 0.750 bits per heavy atom. The van der Waals surface area contributed by atoms with E-state index in [0.717, 1.165) is 0 Å². The summed E-state index contributed by atoms with van der Waals surface area (Å²) in [5, 5.41) is -0.340. The van der Waals surface area contributed by atoms with Gasteiger partial charge < -0.3 is 0 Å². The number of carbonyl (C=O) groups is 2. The maximum absolute atomic E-state index is 12.8. The van der Waals surface area contributed by atoms with Crippen LogP contribution < -0.4 is 0 Å². The summed E-state index contributed by atoms with van der Waals surface area (Å²) in [6.07, 6.45) is 3.39. The van der Waals surface area contributed by atoms with E-state index in [4.69, 9.17) is 0 Å². The number of carbonyl (C=O) groups excluding carboxylic acids is 2. The van der Waals surface area contributed by atoms with Crippen molar-refractivity contribution in [3.63, 3.8) is 0 Å². The zero-order valence-electron chi connectivity index (χ0n) is 11.7. The molecular weight excluding hydrogens is 268 g/mol. The largest absolute Gasteiger partial charge is 0.283 e. The maximum atomic E-state index is 12.8. The fraction of sp³-hybridized carbons (Fsp3) is 0.118. The molecule has 2 aromatic rings. The van der Waals surface area contributed by atoms with Crippen LogP contribution in [0.1, 0.15) is 20.7 Å². The fourth-order valence-electron chi connectivity index (χ4n) is 1.99. The Hall–Kier alpha value is -2.00. The molecule has 0 atom stereocenters. The van der Waals surface area contributed by atoms with Gasteiger partial charge in [-0.3, -0.25) is 9.59 Å². The minimum atomic E-state index is -3.12. The highest BCUT2D eigenvalue weighted by Gasteiger charge is 2.37. The lowest BCUT2D eigenvalue weighted by molar-refractivity contribution is 0.105. The number of benzene rings is 2. The highest BCUT2D eigenvalue weighted by Crippen LogP contribution is 2.54. The minimum absolute atomic E-state index is 0.170. The topological polar surface area (TPSA) is 34.1 Å². The summed E-state index contributed by atoms with van der Waals surface area (Å²) in [5.74, 6) is 4.06. The van der Waals surface area contributed by atoms with E-state index in [0.29, 0.717) is 11.1 Å². The van der Waals surface area contributed by atoms with Crippen molar-refractivity contribution in [3.05, 3.63) is 71.8 Å². The molecule has 3 heteroatoms. The number of hydrogen-bond donors (Lipinski definition) is 0. The summed E-state index contributed by atoms with van der Waals surface area (Å²) in [5.41, 5.74) is 1.08. The van der Waals surface area contributed by atoms with E-state index in [1.54, 1.807) is 61.0 Å². The normalized spacial score (nSPS) is 13.2. The molecule has 0 aliphatic carbocycles. The fourth-order valence-corrected chi connectivity index (χ4v) is 3.94. The third-order valence-electron chi connectivity index (χ3n) is 3.21. The summed E-state index contributed by atoms with van der Waals surface area (Å²) in [7, 11) is -3.12. The standard InChI is InChI=1S/C17H18O2S/c1-20(2,3,16(18)14-10-6-4-7-11-14)17(19)15-12-8-5-9-13-15/h4-13H,1H2,2-3H3. The van der Waals surface area contributed by atoms with Gasteiger partial charge in [-0.05, 0) is 12.5 Å². The van der Waals surface area contributed by atoms with Crippen LogP contribution in [0.3, 0.4) is 0 Å². The Labute approximate surface area is 119 Å². The van der Waals surface area contributed by atoms with Crippen LogP contribution in [0.25, 0.3) is 0 Å². The van der Waals surface area contributed by atoms with Crippen LogP contribution in [0, 0.1) is 0 Å². The van der Waals surface area contributed by atoms with Crippen LogP contribution in [-0.4, -0.2) is 28.6 Å². The van der Waals surface area contributed by atoms with Gasteiger partial charge >= 0.3 is 0 Å². The van der Waals surface area contributed by atoms with Gasteiger partial charge in [0.15, 0.2) is 0 Å². The molecule has 0 radical (unpaired) electrons. The van der Waals surface area contributed by atoms with Crippen molar-refractivity contribution in [1.82, 2.24) is 0 Å². The van der Waals surface area contributed by atoms with Gasteiger partial charge in [-0.25, -0.2) is 0 Å². The van der Waals surface area contributed by atoms with Crippen molar-refractivity contribution in [2.24, 2.45) is 0 Å². The van der Waals surface area contributed by atoms with Gasteiger partial charge in [0.1, 0.15) is 0 Å². The first-order valence-corrected chi connectivity index (χ1v) is 9.27. The average molecular weight is 286 g/mol. The van der Waals surface area contributed by atoms with Crippen molar-refractivity contribution in [2.75, 3.05) is 12.5 Å². The maximum Gasteiger partial charge on any atom is 0.204 e. The van der Waals surface area contributed by atoms with Crippen LogP contribution in [-0.2, 0) is 0 Å². The Kier molecular flexibility index (Phi) is 3.48. The molecule has 0 saturated carbocycles. The molecule has 0 bridgehead atoms. The van der Waals surface area contributed by atoms with Crippen LogP contribution >= 0.6 is 8.75 Å². The van der Waals surface area contributed by atoms with Crippen LogP contribution in [0.2, 0.25) is 0 Å². The van der Waals surface area contributed by atoms with Gasteiger partial charge in [0.05, 0.1) is 0 Å². The highest BCUT2D eigenvalue weighted by atomic mass is 32.3. The average Bonchev–Trinajstić information content (AvgIpc) is 2.47. The molecule has 0 fully saturated rings. The quantitative estimate of drug-likeness (QED) is 0.789. The van der Waals surface area contributed by atoms with E-state index in [9.17, 15) is 9.59 Å². The molecule has 2 rings (SSSR count). The van der Waals surface area contributed by atoms with Gasteiger partial charge in [0.2, 0.25) is 10.2 Å². The van der Waals surface area contributed by atoms with Gasteiger partial charge in [-0.2, -0.15) is 0 Å². The van der Waals surface area contributed by atoms with Gasteiger partial charge in [0, 0.05) is 11.1 Å². The van der Waals surface area contributed by atoms with Crippen LogP contribution in [0.4, 0.5) is 0 Å². The summed E-state index contributed by atoms with van der Waals surface area (Å²) >= 11 is 0. The van der Waals surface area contributed by atoms with Crippen molar-refractivity contribution in [1.29, 1.82) is 0 Å². The van der Waals surface area contributed by atoms with Crippen molar-refractivity contribution in [3.8, 4) is 0 Å². The van der Waals surface area contributed by atoms with Crippen molar-refractivity contribution < 1.29 is 9.59 Å². The zero-order chi connectivity index (χ0) is 14.8. The first-order chi connectivity index (χ1) is 9.31. The smallest absolute Gasteiger partial charge is 0.204 e. The summed E-state index contributed by atoms with van der Waals surface area (Å²) in [6.45, 7) is 0. The van der Waals surface area contributed by atoms with E-state index in [-0.39, 0.29) is 10.2 Å². The molecule has 2 aromatic carbocycles.